The van der Waals surface area contributed by atoms with Crippen molar-refractivity contribution >= 4 is 11.6 Å². The molecule has 116 valence electrons. The molecular weight excluding hydrogens is 282 g/mol. The van der Waals surface area contributed by atoms with Crippen molar-refractivity contribution in [3.63, 3.8) is 0 Å². The van der Waals surface area contributed by atoms with Crippen LogP contribution >= 0.6 is 11.6 Å². The summed E-state index contributed by atoms with van der Waals surface area (Å²) in [5, 5.41) is 15.1. The Morgan fingerprint density at radius 3 is 2.90 bits per heavy atom. The number of benzene rings is 1. The van der Waals surface area contributed by atoms with Gasteiger partial charge in [-0.1, -0.05) is 43.5 Å². The van der Waals surface area contributed by atoms with Crippen LogP contribution in [0.25, 0.3) is 0 Å². The molecule has 0 saturated heterocycles. The van der Waals surface area contributed by atoms with Crippen molar-refractivity contribution in [2.45, 2.75) is 63.0 Å². The Morgan fingerprint density at radius 2 is 2.19 bits per heavy atom. The number of hydrogen-bond acceptors (Lipinski definition) is 2. The number of hydrogen-bond donors (Lipinski definition) is 2. The van der Waals surface area contributed by atoms with E-state index in [0.29, 0.717) is 17.9 Å². The predicted octanol–water partition coefficient (Wildman–Crippen LogP) is 4.12. The normalized spacial score (nSPS) is 36.2. The Balaban J connectivity index is 1.45. The predicted molar refractivity (Wildman–Crippen MR) is 87.8 cm³/mol. The molecule has 2 aliphatic carbocycles. The molecule has 1 aromatic carbocycles. The van der Waals surface area contributed by atoms with E-state index in [9.17, 15) is 5.11 Å². The van der Waals surface area contributed by atoms with Gasteiger partial charge >= 0.3 is 0 Å². The molecule has 2 fully saturated rings. The molecule has 0 aromatic heterocycles. The molecule has 0 bridgehead atoms. The van der Waals surface area contributed by atoms with Gasteiger partial charge in [-0.3, -0.25) is 0 Å². The lowest BCUT2D eigenvalue weighted by molar-refractivity contribution is -0.0162. The van der Waals surface area contributed by atoms with Gasteiger partial charge in [-0.05, 0) is 55.2 Å². The minimum Gasteiger partial charge on any atom is -0.389 e. The van der Waals surface area contributed by atoms with Crippen molar-refractivity contribution in [1.82, 2.24) is 5.32 Å². The fourth-order valence-electron chi connectivity index (χ4n) is 3.94. The average Bonchev–Trinajstić information content (AvgIpc) is 2.36. The second kappa shape index (κ2) is 6.28. The standard InChI is InChI=1S/C18H26ClNO/c1-13-4-3-7-18(21,11-13)12-20-17-9-15(10-17)14-5-2-6-16(19)8-14/h2,5-6,8,13,15,17,20-21H,3-4,7,9-12H2,1H3. The monoisotopic (exact) mass is 307 g/mol. The highest BCUT2D eigenvalue weighted by Crippen LogP contribution is 2.38. The maximum Gasteiger partial charge on any atom is 0.0774 e. The van der Waals surface area contributed by atoms with Crippen molar-refractivity contribution in [1.29, 1.82) is 0 Å². The Labute approximate surface area is 132 Å². The van der Waals surface area contributed by atoms with Gasteiger partial charge < -0.3 is 10.4 Å². The maximum atomic E-state index is 10.6. The molecule has 0 aliphatic heterocycles. The van der Waals surface area contributed by atoms with Gasteiger partial charge in [0.15, 0.2) is 0 Å². The van der Waals surface area contributed by atoms with Gasteiger partial charge in [-0.2, -0.15) is 0 Å². The molecule has 0 heterocycles. The molecule has 3 rings (SSSR count). The molecule has 0 radical (unpaired) electrons. The lowest BCUT2D eigenvalue weighted by Crippen LogP contribution is -2.50. The van der Waals surface area contributed by atoms with E-state index in [0.717, 1.165) is 43.7 Å². The van der Waals surface area contributed by atoms with E-state index in [1.807, 2.05) is 12.1 Å². The number of rotatable bonds is 4. The molecule has 2 N–H and O–H groups in total. The summed E-state index contributed by atoms with van der Waals surface area (Å²) in [7, 11) is 0. The molecule has 0 spiro atoms. The lowest BCUT2D eigenvalue weighted by atomic mass is 9.74. The summed E-state index contributed by atoms with van der Waals surface area (Å²) in [6.45, 7) is 3.01. The van der Waals surface area contributed by atoms with Crippen LogP contribution in [-0.2, 0) is 0 Å². The van der Waals surface area contributed by atoms with Gasteiger partial charge in [0.05, 0.1) is 5.60 Å². The summed E-state index contributed by atoms with van der Waals surface area (Å²) in [5.41, 5.74) is 0.879. The minimum absolute atomic E-state index is 0.473. The molecule has 2 nitrogen and oxygen atoms in total. The first-order valence-corrected chi connectivity index (χ1v) is 8.63. The highest BCUT2D eigenvalue weighted by molar-refractivity contribution is 6.30. The van der Waals surface area contributed by atoms with Gasteiger partial charge in [0, 0.05) is 17.6 Å². The third-order valence-electron chi connectivity index (χ3n) is 5.25. The summed E-state index contributed by atoms with van der Waals surface area (Å²) in [6, 6.07) is 8.77. The van der Waals surface area contributed by atoms with Gasteiger partial charge in [0.2, 0.25) is 0 Å². The molecule has 2 atom stereocenters. The molecule has 2 aliphatic rings. The van der Waals surface area contributed by atoms with E-state index < -0.39 is 5.60 Å². The average molecular weight is 308 g/mol. The zero-order valence-electron chi connectivity index (χ0n) is 12.8. The second-order valence-electron chi connectivity index (χ2n) is 7.23. The van der Waals surface area contributed by atoms with E-state index >= 15 is 0 Å². The van der Waals surface area contributed by atoms with Crippen molar-refractivity contribution in [2.24, 2.45) is 5.92 Å². The largest absolute Gasteiger partial charge is 0.389 e. The van der Waals surface area contributed by atoms with Crippen molar-refractivity contribution in [3.05, 3.63) is 34.9 Å². The van der Waals surface area contributed by atoms with Gasteiger partial charge in [-0.15, -0.1) is 0 Å². The SMILES string of the molecule is CC1CCCC(O)(CNC2CC(c3cccc(Cl)c3)C2)C1. The van der Waals surface area contributed by atoms with E-state index in [1.54, 1.807) is 0 Å². The molecule has 3 heteroatoms. The molecule has 21 heavy (non-hydrogen) atoms. The fourth-order valence-corrected chi connectivity index (χ4v) is 4.14. The van der Waals surface area contributed by atoms with E-state index in [4.69, 9.17) is 11.6 Å². The summed E-state index contributed by atoms with van der Waals surface area (Å²) in [5.74, 6) is 1.28. The van der Waals surface area contributed by atoms with Crippen LogP contribution in [0, 0.1) is 5.92 Å². The third kappa shape index (κ3) is 3.80. The number of aliphatic hydroxyl groups is 1. The lowest BCUT2D eigenvalue weighted by Gasteiger charge is -2.41. The van der Waals surface area contributed by atoms with Crippen molar-refractivity contribution in [3.8, 4) is 0 Å². The van der Waals surface area contributed by atoms with Crippen LogP contribution in [0.5, 0.6) is 0 Å². The molecule has 2 saturated carbocycles. The highest BCUT2D eigenvalue weighted by atomic mass is 35.5. The van der Waals surface area contributed by atoms with Crippen LogP contribution in [0.2, 0.25) is 5.02 Å². The van der Waals surface area contributed by atoms with Gasteiger partial charge in [0.1, 0.15) is 0 Å². The van der Waals surface area contributed by atoms with E-state index in [-0.39, 0.29) is 0 Å². The summed E-state index contributed by atoms with van der Waals surface area (Å²) in [4.78, 5) is 0. The summed E-state index contributed by atoms with van der Waals surface area (Å²) < 4.78 is 0. The third-order valence-corrected chi connectivity index (χ3v) is 5.48. The molecule has 0 amide bonds. The van der Waals surface area contributed by atoms with Crippen LogP contribution < -0.4 is 5.32 Å². The smallest absolute Gasteiger partial charge is 0.0774 e. The zero-order chi connectivity index (χ0) is 14.9. The Bertz CT molecular complexity index is 486. The Kier molecular flexibility index (Phi) is 4.58. The fraction of sp³-hybridized carbons (Fsp3) is 0.667. The van der Waals surface area contributed by atoms with E-state index in [1.165, 1.54) is 12.0 Å². The molecule has 1 aromatic rings. The molecule has 2 unspecified atom stereocenters. The van der Waals surface area contributed by atoms with Gasteiger partial charge in [0.25, 0.3) is 0 Å². The highest BCUT2D eigenvalue weighted by Gasteiger charge is 2.35. The summed E-state index contributed by atoms with van der Waals surface area (Å²) in [6.07, 6.45) is 6.65. The van der Waals surface area contributed by atoms with Crippen LogP contribution in [0.3, 0.4) is 0 Å². The van der Waals surface area contributed by atoms with E-state index in [2.05, 4.69) is 24.4 Å². The first-order chi connectivity index (χ1) is 10.0. The second-order valence-corrected chi connectivity index (χ2v) is 7.66. The first-order valence-electron chi connectivity index (χ1n) is 8.25. The zero-order valence-corrected chi connectivity index (χ0v) is 13.6. The van der Waals surface area contributed by atoms with Crippen LogP contribution in [-0.4, -0.2) is 23.3 Å². The van der Waals surface area contributed by atoms with Crippen molar-refractivity contribution < 1.29 is 5.11 Å². The maximum absolute atomic E-state index is 10.6. The molecular formula is C18H26ClNO. The minimum atomic E-state index is -0.473. The van der Waals surface area contributed by atoms with Crippen LogP contribution in [0.4, 0.5) is 0 Å². The topological polar surface area (TPSA) is 32.3 Å². The van der Waals surface area contributed by atoms with Gasteiger partial charge in [-0.25, -0.2) is 0 Å². The van der Waals surface area contributed by atoms with Crippen LogP contribution in [0.15, 0.2) is 24.3 Å². The van der Waals surface area contributed by atoms with Crippen molar-refractivity contribution in [2.75, 3.05) is 6.54 Å². The quantitative estimate of drug-likeness (QED) is 0.877. The Hall–Kier alpha value is -0.570. The number of nitrogens with one attached hydrogen (secondary N) is 1. The summed E-state index contributed by atoms with van der Waals surface area (Å²) >= 11 is 6.05. The first kappa shape index (κ1) is 15.3. The number of halogens is 1. The van der Waals surface area contributed by atoms with Crippen LogP contribution in [0.1, 0.15) is 56.9 Å². The Morgan fingerprint density at radius 1 is 1.38 bits per heavy atom.